The van der Waals surface area contributed by atoms with Crippen LogP contribution in [0, 0.1) is 10.1 Å². The molecule has 0 atom stereocenters. The monoisotopic (exact) mass is 275 g/mol. The fourth-order valence-electron chi connectivity index (χ4n) is 1.49. The first-order valence-electron chi connectivity index (χ1n) is 5.45. The van der Waals surface area contributed by atoms with Crippen LogP contribution in [0.4, 0.5) is 0 Å². The number of rotatable bonds is 6. The van der Waals surface area contributed by atoms with E-state index >= 15 is 0 Å². The van der Waals surface area contributed by atoms with E-state index in [0.29, 0.717) is 24.1 Å². The fraction of sp³-hybridized carbons (Fsp3) is 0.364. The SMILES string of the molecule is [13CH3][13CH2][15N](Cc1ccc(Cl)nc1)/C(=C/[N+](=O)[O-])[15NH][13CH3]. The standard InChI is InChI=1S/C11H15ClN4O2/c1-3-15(11(13-2)8-16(17)18)7-9-4-5-10(12)14-6-9/h4-6,8,13H,3,7H2,1-2H3/b11-8+/i1+1,2+1,3+1,13+1,15+1. The molecule has 1 rings (SSSR count). The summed E-state index contributed by atoms with van der Waals surface area (Å²) in [5.74, 6) is 0.456. The van der Waals surface area contributed by atoms with Gasteiger partial charge in [-0.2, -0.15) is 0 Å². The first kappa shape index (κ1) is 14.2. The predicted molar refractivity (Wildman–Crippen MR) is 69.5 cm³/mol. The van der Waals surface area contributed by atoms with Gasteiger partial charge in [-0.05, 0) is 18.6 Å². The van der Waals surface area contributed by atoms with Gasteiger partial charge >= 0.3 is 0 Å². The first-order chi connectivity index (χ1) is 8.56. The molecule has 0 amide bonds. The number of hydrogen-bond acceptors (Lipinski definition) is 5. The molecule has 0 fully saturated rings. The molecular weight excluding hydrogens is 261 g/mol. The van der Waals surface area contributed by atoms with Gasteiger partial charge in [0.25, 0.3) is 6.20 Å². The van der Waals surface area contributed by atoms with Gasteiger partial charge in [-0.1, -0.05) is 17.7 Å². The van der Waals surface area contributed by atoms with Gasteiger partial charge in [0.15, 0.2) is 5.82 Å². The number of nitrogens with one attached hydrogen (secondary N) is 1. The van der Waals surface area contributed by atoms with Gasteiger partial charge in [0.1, 0.15) is 5.15 Å². The third-order valence-electron chi connectivity index (χ3n) is 2.37. The number of pyridine rings is 1. The lowest BCUT2D eigenvalue weighted by molar-refractivity contribution is -0.404. The molecule has 1 aromatic heterocycles. The molecule has 98 valence electrons. The Bertz CT molecular complexity index is 433. The van der Waals surface area contributed by atoms with Crippen molar-refractivity contribution in [3.8, 4) is 0 Å². The predicted octanol–water partition coefficient (Wildman–Crippen LogP) is 1.85. The maximum Gasteiger partial charge on any atom is 0.274 e. The zero-order valence-electron chi connectivity index (χ0n) is 10.3. The van der Waals surface area contributed by atoms with E-state index in [0.717, 1.165) is 11.8 Å². The Hall–Kier alpha value is -1.82. The van der Waals surface area contributed by atoms with Gasteiger partial charge in [-0.25, -0.2) is 4.98 Å². The van der Waals surface area contributed by atoms with Gasteiger partial charge < -0.3 is 10.2 Å². The van der Waals surface area contributed by atoms with Crippen LogP contribution in [0.25, 0.3) is 0 Å². The number of halogens is 1. The van der Waals surface area contributed by atoms with E-state index in [1.54, 1.807) is 19.3 Å². The van der Waals surface area contributed by atoms with E-state index in [9.17, 15) is 10.1 Å². The van der Waals surface area contributed by atoms with Crippen LogP contribution in [0.2, 0.25) is 5.15 Å². The molecule has 0 aliphatic heterocycles. The van der Waals surface area contributed by atoms with E-state index in [2.05, 4.69) is 10.3 Å². The Morgan fingerprint density at radius 2 is 2.39 bits per heavy atom. The smallest absolute Gasteiger partial charge is 0.274 e. The number of nitrogens with zero attached hydrogens (tertiary/aromatic N) is 3. The Morgan fingerprint density at radius 1 is 1.67 bits per heavy atom. The molecule has 7 heteroatoms. The summed E-state index contributed by atoms with van der Waals surface area (Å²) in [4.78, 5) is 15.9. The van der Waals surface area contributed by atoms with Crippen molar-refractivity contribution in [2.45, 2.75) is 13.5 Å². The summed E-state index contributed by atoms with van der Waals surface area (Å²) in [6.07, 6.45) is 2.61. The second kappa shape index (κ2) is 6.80. The van der Waals surface area contributed by atoms with Crippen molar-refractivity contribution in [2.24, 2.45) is 0 Å². The third-order valence-corrected chi connectivity index (χ3v) is 2.59. The molecule has 0 bridgehead atoms. The number of aromatic nitrogens is 1. The minimum atomic E-state index is -0.478. The van der Waals surface area contributed by atoms with Crippen LogP contribution in [0.5, 0.6) is 0 Å². The van der Waals surface area contributed by atoms with Gasteiger partial charge in [-0.15, -0.1) is 0 Å². The van der Waals surface area contributed by atoms with Crippen molar-refractivity contribution in [2.75, 3.05) is 13.6 Å². The van der Waals surface area contributed by atoms with Crippen LogP contribution in [0.15, 0.2) is 30.4 Å². The molecule has 0 radical (unpaired) electrons. The average molecular weight is 276 g/mol. The minimum Gasteiger partial charge on any atom is -0.370 e. The first-order valence-corrected chi connectivity index (χ1v) is 5.83. The van der Waals surface area contributed by atoms with E-state index in [-0.39, 0.29) is 0 Å². The highest BCUT2D eigenvalue weighted by Gasteiger charge is 2.11. The number of nitro groups is 1. The van der Waals surface area contributed by atoms with Crippen molar-refractivity contribution in [3.05, 3.63) is 51.2 Å². The minimum absolute atomic E-state index is 0.427. The fourth-order valence-corrected chi connectivity index (χ4v) is 1.60. The molecule has 0 saturated heterocycles. The van der Waals surface area contributed by atoms with Crippen molar-refractivity contribution in [1.82, 2.24) is 15.2 Å². The maximum atomic E-state index is 10.5. The van der Waals surface area contributed by atoms with E-state index in [1.165, 1.54) is 0 Å². The van der Waals surface area contributed by atoms with Crippen LogP contribution in [0.3, 0.4) is 0 Å². The summed E-state index contributed by atoms with van der Waals surface area (Å²) in [6.45, 7) is 3.10. The highest BCUT2D eigenvalue weighted by molar-refractivity contribution is 6.29. The lowest BCUT2D eigenvalue weighted by Gasteiger charge is -2.23. The Balaban J connectivity index is 2.83. The quantitative estimate of drug-likeness (QED) is 0.282. The Labute approximate surface area is 110 Å². The molecule has 0 unspecified atom stereocenters. The van der Waals surface area contributed by atoms with Crippen LogP contribution < -0.4 is 5.32 Å². The normalized spacial score (nSPS) is 11.2. The van der Waals surface area contributed by atoms with Crippen LogP contribution in [0.1, 0.15) is 12.5 Å². The molecule has 0 saturated carbocycles. The average Bonchev–Trinajstić information content (AvgIpc) is 2.35. The van der Waals surface area contributed by atoms with Crippen molar-refractivity contribution >= 4 is 11.6 Å². The summed E-state index contributed by atoms with van der Waals surface area (Å²) in [5, 5.41) is 13.8. The molecule has 1 N–H and O–H groups in total. The highest BCUT2D eigenvalue weighted by atomic mass is 35.5. The molecular formula is C11H15ClN4O2. The van der Waals surface area contributed by atoms with Gasteiger partial charge in [0.2, 0.25) is 0 Å². The molecule has 18 heavy (non-hydrogen) atoms. The molecule has 0 spiro atoms. The summed E-state index contributed by atoms with van der Waals surface area (Å²) in [6, 6.07) is 3.54. The van der Waals surface area contributed by atoms with Crippen LogP contribution in [-0.4, -0.2) is 28.4 Å². The Kier molecular flexibility index (Phi) is 5.38. The Morgan fingerprint density at radius 3 is 2.83 bits per heavy atom. The van der Waals surface area contributed by atoms with Crippen molar-refractivity contribution in [1.29, 1.82) is 0 Å². The second-order valence-electron chi connectivity index (χ2n) is 3.55. The lowest BCUT2D eigenvalue weighted by Crippen LogP contribution is -2.30. The van der Waals surface area contributed by atoms with Gasteiger partial charge in [0, 0.05) is 26.3 Å². The number of hydrogen-bond donors (Lipinski definition) is 1. The molecule has 1 heterocycles. The molecule has 0 aromatic carbocycles. The van der Waals surface area contributed by atoms with E-state index in [1.807, 2.05) is 17.9 Å². The highest BCUT2D eigenvalue weighted by Crippen LogP contribution is 2.10. The van der Waals surface area contributed by atoms with E-state index in [4.69, 9.17) is 11.6 Å². The largest absolute Gasteiger partial charge is 0.370 e. The topological polar surface area (TPSA) is 71.3 Å². The maximum absolute atomic E-state index is 10.5. The second-order valence-corrected chi connectivity index (χ2v) is 3.94. The van der Waals surface area contributed by atoms with Gasteiger partial charge in [0.05, 0.1) is 4.92 Å². The summed E-state index contributed by atoms with van der Waals surface area (Å²) in [5.41, 5.74) is 0.936. The zero-order chi connectivity index (χ0) is 13.5. The zero-order valence-corrected chi connectivity index (χ0v) is 11.0. The van der Waals surface area contributed by atoms with Crippen molar-refractivity contribution < 1.29 is 4.92 Å². The van der Waals surface area contributed by atoms with E-state index < -0.39 is 4.92 Å². The van der Waals surface area contributed by atoms with Crippen LogP contribution in [-0.2, 0) is 6.54 Å². The molecule has 6 nitrogen and oxygen atoms in total. The lowest BCUT2D eigenvalue weighted by atomic mass is 10.3. The molecule has 0 aliphatic carbocycles. The third kappa shape index (κ3) is 4.21. The summed E-state index contributed by atoms with van der Waals surface area (Å²) < 4.78 is 0. The summed E-state index contributed by atoms with van der Waals surface area (Å²) in [7, 11) is 1.65. The van der Waals surface area contributed by atoms with Crippen LogP contribution >= 0.6 is 11.6 Å². The van der Waals surface area contributed by atoms with Crippen molar-refractivity contribution in [3.63, 3.8) is 0 Å². The molecule has 0 aliphatic rings. The van der Waals surface area contributed by atoms with Gasteiger partial charge in [-0.3, -0.25) is 10.1 Å². The molecule has 1 aromatic rings. The summed E-state index contributed by atoms with van der Waals surface area (Å²) >= 11 is 5.70.